The second-order valence-corrected chi connectivity index (χ2v) is 4.70. The number of amides is 1. The van der Waals surface area contributed by atoms with Crippen LogP contribution in [0.15, 0.2) is 30.3 Å². The van der Waals surface area contributed by atoms with Gasteiger partial charge >= 0.3 is 0 Å². The fourth-order valence-corrected chi connectivity index (χ4v) is 2.14. The van der Waals surface area contributed by atoms with Crippen molar-refractivity contribution in [1.82, 2.24) is 15.5 Å². The smallest absolute Gasteiger partial charge is 0.256 e. The summed E-state index contributed by atoms with van der Waals surface area (Å²) in [5.74, 6) is -0.278. The number of nitrogens with zero attached hydrogens (tertiary/aromatic N) is 1. The van der Waals surface area contributed by atoms with E-state index in [-0.39, 0.29) is 11.7 Å². The van der Waals surface area contributed by atoms with E-state index in [2.05, 4.69) is 20.8 Å². The zero-order valence-electron chi connectivity index (χ0n) is 11.2. The molecule has 21 heavy (non-hydrogen) atoms. The van der Waals surface area contributed by atoms with E-state index in [0.717, 1.165) is 6.54 Å². The molecule has 3 rings (SSSR count). The monoisotopic (exact) mass is 290 g/mol. The van der Waals surface area contributed by atoms with Crippen LogP contribution in [0.3, 0.4) is 0 Å². The highest BCUT2D eigenvalue weighted by Crippen LogP contribution is 2.22. The lowest BCUT2D eigenvalue weighted by atomic mass is 10.1. The number of hydrogen-bond acceptors (Lipinski definition) is 4. The summed E-state index contributed by atoms with van der Waals surface area (Å²) in [5.41, 5.74) is 0.909. The van der Waals surface area contributed by atoms with Gasteiger partial charge in [0, 0.05) is 24.7 Å². The van der Waals surface area contributed by atoms with Gasteiger partial charge in [-0.1, -0.05) is 12.1 Å². The first-order valence-corrected chi connectivity index (χ1v) is 6.67. The molecular formula is C14H15FN4O2. The normalized spacial score (nSPS) is 18.4. The molecule has 1 amide bonds. The largest absolute Gasteiger partial charge is 0.366 e. The van der Waals surface area contributed by atoms with E-state index in [1.807, 2.05) is 0 Å². The molecule has 1 aliphatic rings. The van der Waals surface area contributed by atoms with Gasteiger partial charge in [0.25, 0.3) is 5.91 Å². The fourth-order valence-electron chi connectivity index (χ4n) is 2.14. The van der Waals surface area contributed by atoms with Gasteiger partial charge in [-0.15, -0.1) is 0 Å². The number of aromatic nitrogens is 2. The van der Waals surface area contributed by atoms with Crippen LogP contribution in [0.25, 0.3) is 11.3 Å². The van der Waals surface area contributed by atoms with E-state index < -0.39 is 6.10 Å². The molecular weight excluding hydrogens is 275 g/mol. The predicted octanol–water partition coefficient (Wildman–Crippen LogP) is 1.14. The van der Waals surface area contributed by atoms with E-state index in [4.69, 9.17) is 4.74 Å². The molecule has 1 aromatic heterocycles. The molecule has 3 N–H and O–H groups in total. The quantitative estimate of drug-likeness (QED) is 0.792. The molecule has 1 saturated heterocycles. The number of ether oxygens (including phenoxy) is 1. The number of anilines is 1. The zero-order chi connectivity index (χ0) is 14.7. The molecule has 110 valence electrons. The number of aromatic amines is 1. The SMILES string of the molecule is O=C(Nc1cc(-c2ccccc2F)[nH]n1)[C@H]1CNCCO1. The number of carbonyl (C=O) groups excluding carboxylic acids is 1. The van der Waals surface area contributed by atoms with Crippen molar-refractivity contribution in [1.29, 1.82) is 0 Å². The van der Waals surface area contributed by atoms with Gasteiger partial charge in [0.05, 0.1) is 12.3 Å². The third kappa shape index (κ3) is 3.09. The van der Waals surface area contributed by atoms with Gasteiger partial charge in [-0.2, -0.15) is 5.10 Å². The molecule has 6 nitrogen and oxygen atoms in total. The highest BCUT2D eigenvalue weighted by atomic mass is 19.1. The number of hydrogen-bond donors (Lipinski definition) is 3. The highest BCUT2D eigenvalue weighted by molar-refractivity contribution is 5.94. The topological polar surface area (TPSA) is 79.0 Å². The number of benzene rings is 1. The van der Waals surface area contributed by atoms with Crippen LogP contribution in [0, 0.1) is 5.82 Å². The van der Waals surface area contributed by atoms with Gasteiger partial charge in [-0.05, 0) is 12.1 Å². The standard InChI is InChI=1S/C14H15FN4O2/c15-10-4-2-1-3-9(10)11-7-13(19-18-11)17-14(20)12-8-16-5-6-21-12/h1-4,7,12,16H,5-6,8H2,(H2,17,18,19,20)/t12-/m1/s1. The minimum atomic E-state index is -0.535. The summed E-state index contributed by atoms with van der Waals surface area (Å²) in [5, 5.41) is 12.4. The maximum Gasteiger partial charge on any atom is 0.256 e. The summed E-state index contributed by atoms with van der Waals surface area (Å²) in [6, 6.07) is 7.95. The number of nitrogens with one attached hydrogen (secondary N) is 3. The first-order valence-electron chi connectivity index (χ1n) is 6.67. The van der Waals surface area contributed by atoms with Gasteiger partial charge in [-0.3, -0.25) is 9.89 Å². The van der Waals surface area contributed by atoms with Gasteiger partial charge in [0.2, 0.25) is 0 Å². The third-order valence-corrected chi connectivity index (χ3v) is 3.21. The number of carbonyl (C=O) groups is 1. The van der Waals surface area contributed by atoms with Crippen LogP contribution in [0.1, 0.15) is 0 Å². The van der Waals surface area contributed by atoms with Crippen LogP contribution in [-0.4, -0.2) is 41.9 Å². The molecule has 1 aromatic carbocycles. The second-order valence-electron chi connectivity index (χ2n) is 4.70. The Kier molecular flexibility index (Phi) is 3.94. The Bertz CT molecular complexity index is 637. The van der Waals surface area contributed by atoms with Crippen molar-refractivity contribution in [3.63, 3.8) is 0 Å². The number of rotatable bonds is 3. The lowest BCUT2D eigenvalue weighted by molar-refractivity contribution is -0.128. The highest BCUT2D eigenvalue weighted by Gasteiger charge is 2.22. The molecule has 0 saturated carbocycles. The van der Waals surface area contributed by atoms with Gasteiger partial charge in [0.1, 0.15) is 11.9 Å². The average molecular weight is 290 g/mol. The van der Waals surface area contributed by atoms with E-state index in [9.17, 15) is 9.18 Å². The lowest BCUT2D eigenvalue weighted by Crippen LogP contribution is -2.45. The van der Waals surface area contributed by atoms with Crippen molar-refractivity contribution in [2.24, 2.45) is 0 Å². The summed E-state index contributed by atoms with van der Waals surface area (Å²) in [4.78, 5) is 12.0. The Morgan fingerprint density at radius 2 is 2.29 bits per heavy atom. The summed E-state index contributed by atoms with van der Waals surface area (Å²) in [7, 11) is 0. The molecule has 1 atom stereocenters. The van der Waals surface area contributed by atoms with Gasteiger partial charge in [-0.25, -0.2) is 4.39 Å². The molecule has 7 heteroatoms. The molecule has 0 aliphatic carbocycles. The minimum absolute atomic E-state index is 0.270. The van der Waals surface area contributed by atoms with Crippen LogP contribution in [0.5, 0.6) is 0 Å². The molecule has 0 spiro atoms. The lowest BCUT2D eigenvalue weighted by Gasteiger charge is -2.22. The molecule has 1 aliphatic heterocycles. The fraction of sp³-hybridized carbons (Fsp3) is 0.286. The molecule has 0 radical (unpaired) electrons. The van der Waals surface area contributed by atoms with Crippen molar-refractivity contribution in [3.8, 4) is 11.3 Å². The first-order chi connectivity index (χ1) is 10.2. The van der Waals surface area contributed by atoms with E-state index in [1.54, 1.807) is 24.3 Å². The van der Waals surface area contributed by atoms with Crippen LogP contribution in [0.2, 0.25) is 0 Å². The van der Waals surface area contributed by atoms with E-state index in [0.29, 0.717) is 30.2 Å². The Morgan fingerprint density at radius 1 is 1.43 bits per heavy atom. The van der Waals surface area contributed by atoms with Crippen molar-refractivity contribution in [2.75, 3.05) is 25.0 Å². The van der Waals surface area contributed by atoms with E-state index in [1.165, 1.54) is 6.07 Å². The summed E-state index contributed by atoms with van der Waals surface area (Å²) in [6.07, 6.45) is -0.535. The Hall–Kier alpha value is -2.25. The van der Waals surface area contributed by atoms with Crippen molar-refractivity contribution >= 4 is 11.7 Å². The predicted molar refractivity (Wildman–Crippen MR) is 75.2 cm³/mol. The maximum atomic E-state index is 13.7. The minimum Gasteiger partial charge on any atom is -0.366 e. The van der Waals surface area contributed by atoms with Crippen LogP contribution in [-0.2, 0) is 9.53 Å². The molecule has 1 fully saturated rings. The number of morpholine rings is 1. The van der Waals surface area contributed by atoms with E-state index >= 15 is 0 Å². The first kappa shape index (κ1) is 13.7. The summed E-state index contributed by atoms with van der Waals surface area (Å²) in [6.45, 7) is 1.71. The number of H-pyrrole nitrogens is 1. The molecule has 2 aromatic rings. The maximum absolute atomic E-state index is 13.7. The van der Waals surface area contributed by atoms with Gasteiger partial charge < -0.3 is 15.4 Å². The summed E-state index contributed by atoms with van der Waals surface area (Å²) < 4.78 is 19.0. The Labute approximate surface area is 120 Å². The van der Waals surface area contributed by atoms with Crippen LogP contribution < -0.4 is 10.6 Å². The molecule has 0 unspecified atom stereocenters. The average Bonchev–Trinajstić information content (AvgIpc) is 2.97. The van der Waals surface area contributed by atoms with Crippen LogP contribution in [0.4, 0.5) is 10.2 Å². The van der Waals surface area contributed by atoms with Crippen LogP contribution >= 0.6 is 0 Å². The van der Waals surface area contributed by atoms with Gasteiger partial charge in [0.15, 0.2) is 5.82 Å². The van der Waals surface area contributed by atoms with Crippen molar-refractivity contribution in [3.05, 3.63) is 36.1 Å². The molecule has 2 heterocycles. The zero-order valence-corrected chi connectivity index (χ0v) is 11.2. The van der Waals surface area contributed by atoms with Crippen molar-refractivity contribution < 1.29 is 13.9 Å². The number of halogens is 1. The summed E-state index contributed by atoms with van der Waals surface area (Å²) >= 11 is 0. The third-order valence-electron chi connectivity index (χ3n) is 3.21. The second kappa shape index (κ2) is 6.02. The van der Waals surface area contributed by atoms with Crippen molar-refractivity contribution in [2.45, 2.75) is 6.10 Å². The Balaban J connectivity index is 1.70. The Morgan fingerprint density at radius 3 is 3.05 bits per heavy atom. The molecule has 0 bridgehead atoms.